The van der Waals surface area contributed by atoms with E-state index in [1.54, 1.807) is 0 Å². The number of nitrogens with zero attached hydrogens (tertiary/aromatic N) is 4. The van der Waals surface area contributed by atoms with Crippen molar-refractivity contribution >= 4 is 43.7 Å². The number of furan rings is 1. The van der Waals surface area contributed by atoms with Crippen LogP contribution in [0.1, 0.15) is 0 Å². The van der Waals surface area contributed by atoms with Crippen molar-refractivity contribution in [1.82, 2.24) is 19.5 Å². The summed E-state index contributed by atoms with van der Waals surface area (Å²) in [5, 5.41) is 4.38. The molecule has 0 bridgehead atoms. The van der Waals surface area contributed by atoms with Crippen molar-refractivity contribution in [2.45, 2.75) is 0 Å². The predicted octanol–water partition coefficient (Wildman–Crippen LogP) is 13.2. The molecule has 0 unspecified atom stereocenters. The Hall–Kier alpha value is -7.63. The van der Waals surface area contributed by atoms with Crippen LogP contribution >= 0.6 is 0 Å². The topological polar surface area (TPSA) is 56.7 Å². The van der Waals surface area contributed by atoms with Crippen molar-refractivity contribution in [2.75, 3.05) is 0 Å². The molecule has 0 aliphatic carbocycles. The van der Waals surface area contributed by atoms with E-state index < -0.39 is 0 Å². The van der Waals surface area contributed by atoms with Gasteiger partial charge in [0.1, 0.15) is 11.2 Å². The maximum absolute atomic E-state index is 6.59. The first-order valence-corrected chi connectivity index (χ1v) is 18.8. The Labute approximate surface area is 322 Å². The zero-order valence-electron chi connectivity index (χ0n) is 30.2. The van der Waals surface area contributed by atoms with E-state index in [2.05, 4.69) is 156 Å². The molecule has 3 aromatic heterocycles. The molecule has 0 aliphatic rings. The fraction of sp³-hybridized carbons (Fsp3) is 0. The smallest absolute Gasteiger partial charge is 0.238 e. The molecule has 0 spiro atoms. The van der Waals surface area contributed by atoms with Gasteiger partial charge in [-0.1, -0.05) is 170 Å². The number of hydrogen-bond acceptors (Lipinski definition) is 4. The number of fused-ring (bicyclic) bond motifs is 6. The average Bonchev–Trinajstić information content (AvgIpc) is 3.83. The molecule has 0 fully saturated rings. The third-order valence-electron chi connectivity index (χ3n) is 10.7. The van der Waals surface area contributed by atoms with Crippen LogP contribution in [0.3, 0.4) is 0 Å². The largest absolute Gasteiger partial charge is 0.456 e. The second kappa shape index (κ2) is 13.0. The average molecular weight is 717 g/mol. The Balaban J connectivity index is 1.15. The van der Waals surface area contributed by atoms with Gasteiger partial charge in [-0.3, -0.25) is 4.57 Å². The van der Waals surface area contributed by atoms with E-state index in [1.165, 1.54) is 0 Å². The monoisotopic (exact) mass is 716 g/mol. The van der Waals surface area contributed by atoms with Gasteiger partial charge in [0.05, 0.1) is 11.0 Å². The standard InChI is InChI=1S/C51H32N4O/c1-4-14-33(15-5-1)35-26-28-37(29-27-35)50-52-49(36-18-8-3-9-19-36)53-51(54-50)55-44-24-11-10-20-39(44)41-22-12-23-42(48(41)55)40-21-13-25-45-47(40)43-31-30-38(32-46(43)56-45)34-16-6-2-7-17-34/h1-32H. The van der Waals surface area contributed by atoms with Crippen LogP contribution < -0.4 is 0 Å². The molecule has 5 heteroatoms. The molecular formula is C51H32N4O. The van der Waals surface area contributed by atoms with E-state index in [0.29, 0.717) is 17.6 Å². The summed E-state index contributed by atoms with van der Waals surface area (Å²) < 4.78 is 8.80. The van der Waals surface area contributed by atoms with Crippen LogP contribution in [0.25, 0.3) is 106 Å². The molecule has 0 amide bonds. The lowest BCUT2D eigenvalue weighted by molar-refractivity contribution is 0.669. The molecule has 11 aromatic rings. The SMILES string of the molecule is c1ccc(-c2ccc(-c3nc(-c4ccccc4)nc(-n4c5ccccc5c5cccc(-c6cccc7oc8cc(-c9ccccc9)ccc8c67)c54)n3)cc2)cc1. The minimum absolute atomic E-state index is 0.552. The van der Waals surface area contributed by atoms with E-state index >= 15 is 0 Å². The third kappa shape index (κ3) is 5.29. The molecule has 11 rings (SSSR count). The van der Waals surface area contributed by atoms with Gasteiger partial charge in [-0.2, -0.15) is 9.97 Å². The van der Waals surface area contributed by atoms with Crippen LogP contribution in [0, 0.1) is 0 Å². The minimum Gasteiger partial charge on any atom is -0.456 e. The number of rotatable bonds is 6. The molecular weight excluding hydrogens is 685 g/mol. The zero-order chi connectivity index (χ0) is 37.0. The highest BCUT2D eigenvalue weighted by molar-refractivity contribution is 6.19. The first kappa shape index (κ1) is 31.9. The summed E-state index contributed by atoms with van der Waals surface area (Å²) in [5.41, 5.74) is 12.3. The van der Waals surface area contributed by atoms with Crippen molar-refractivity contribution in [3.05, 3.63) is 194 Å². The van der Waals surface area contributed by atoms with Gasteiger partial charge >= 0.3 is 0 Å². The van der Waals surface area contributed by atoms with Gasteiger partial charge < -0.3 is 4.42 Å². The van der Waals surface area contributed by atoms with Gasteiger partial charge in [-0.05, 0) is 52.1 Å². The van der Waals surface area contributed by atoms with E-state index in [1.807, 2.05) is 42.5 Å². The minimum atomic E-state index is 0.552. The Morgan fingerprint density at radius 2 is 0.893 bits per heavy atom. The summed E-state index contributed by atoms with van der Waals surface area (Å²) >= 11 is 0. The summed E-state index contributed by atoms with van der Waals surface area (Å²) in [5.74, 6) is 1.77. The van der Waals surface area contributed by atoms with Crippen molar-refractivity contribution in [2.24, 2.45) is 0 Å². The molecule has 0 atom stereocenters. The first-order valence-electron chi connectivity index (χ1n) is 18.8. The molecule has 0 radical (unpaired) electrons. The molecule has 0 aliphatic heterocycles. The molecule has 56 heavy (non-hydrogen) atoms. The fourth-order valence-electron chi connectivity index (χ4n) is 8.06. The van der Waals surface area contributed by atoms with E-state index in [4.69, 9.17) is 19.4 Å². The second-order valence-electron chi connectivity index (χ2n) is 14.0. The van der Waals surface area contributed by atoms with Crippen LogP contribution in [0.4, 0.5) is 0 Å². The Morgan fingerprint density at radius 3 is 1.62 bits per heavy atom. The Kier molecular flexibility index (Phi) is 7.42. The Morgan fingerprint density at radius 1 is 0.357 bits per heavy atom. The summed E-state index contributed by atoms with van der Waals surface area (Å²) in [6, 6.07) is 67.3. The number of para-hydroxylation sites is 2. The van der Waals surface area contributed by atoms with Gasteiger partial charge in [-0.15, -0.1) is 0 Å². The van der Waals surface area contributed by atoms with E-state index in [-0.39, 0.29) is 0 Å². The van der Waals surface area contributed by atoms with E-state index in [0.717, 1.165) is 88.3 Å². The lowest BCUT2D eigenvalue weighted by atomic mass is 9.96. The van der Waals surface area contributed by atoms with Gasteiger partial charge in [-0.25, -0.2) is 4.98 Å². The lowest BCUT2D eigenvalue weighted by Gasteiger charge is -2.13. The van der Waals surface area contributed by atoms with Crippen molar-refractivity contribution in [1.29, 1.82) is 0 Å². The van der Waals surface area contributed by atoms with Crippen molar-refractivity contribution in [3.63, 3.8) is 0 Å². The number of benzene rings is 8. The van der Waals surface area contributed by atoms with Crippen LogP contribution in [-0.4, -0.2) is 19.5 Å². The highest BCUT2D eigenvalue weighted by Crippen LogP contribution is 2.43. The Bertz CT molecular complexity index is 3220. The molecule has 3 heterocycles. The molecule has 262 valence electrons. The number of hydrogen-bond donors (Lipinski definition) is 0. The maximum atomic E-state index is 6.59. The van der Waals surface area contributed by atoms with Crippen LogP contribution in [0.5, 0.6) is 0 Å². The summed E-state index contributed by atoms with van der Waals surface area (Å²) in [6.07, 6.45) is 0. The van der Waals surface area contributed by atoms with Gasteiger partial charge in [0.2, 0.25) is 5.95 Å². The predicted molar refractivity (Wildman–Crippen MR) is 229 cm³/mol. The highest BCUT2D eigenvalue weighted by Gasteiger charge is 2.22. The molecule has 5 nitrogen and oxygen atoms in total. The van der Waals surface area contributed by atoms with Crippen LogP contribution in [0.15, 0.2) is 199 Å². The van der Waals surface area contributed by atoms with Crippen molar-refractivity contribution < 1.29 is 4.42 Å². The van der Waals surface area contributed by atoms with E-state index in [9.17, 15) is 0 Å². The van der Waals surface area contributed by atoms with Gasteiger partial charge in [0.25, 0.3) is 0 Å². The first-order chi connectivity index (χ1) is 27.8. The maximum Gasteiger partial charge on any atom is 0.238 e. The van der Waals surface area contributed by atoms with Gasteiger partial charge in [0.15, 0.2) is 11.6 Å². The summed E-state index contributed by atoms with van der Waals surface area (Å²) in [7, 11) is 0. The highest BCUT2D eigenvalue weighted by atomic mass is 16.3. The second-order valence-corrected chi connectivity index (χ2v) is 14.0. The molecule has 0 saturated carbocycles. The summed E-state index contributed by atoms with van der Waals surface area (Å²) in [4.78, 5) is 15.6. The normalized spacial score (nSPS) is 11.6. The summed E-state index contributed by atoms with van der Waals surface area (Å²) in [6.45, 7) is 0. The molecule has 8 aromatic carbocycles. The number of aromatic nitrogens is 4. The van der Waals surface area contributed by atoms with Crippen LogP contribution in [0.2, 0.25) is 0 Å². The zero-order valence-corrected chi connectivity index (χ0v) is 30.2. The lowest BCUT2D eigenvalue weighted by Crippen LogP contribution is -2.07. The van der Waals surface area contributed by atoms with Crippen LogP contribution in [-0.2, 0) is 0 Å². The molecule has 0 N–H and O–H groups in total. The third-order valence-corrected chi connectivity index (χ3v) is 10.7. The molecule has 0 saturated heterocycles. The quantitative estimate of drug-likeness (QED) is 0.172. The van der Waals surface area contributed by atoms with Crippen molar-refractivity contribution in [3.8, 4) is 62.1 Å². The van der Waals surface area contributed by atoms with Gasteiger partial charge in [0, 0.05) is 38.2 Å². The fourth-order valence-corrected chi connectivity index (χ4v) is 8.06.